The Morgan fingerprint density at radius 2 is 2.37 bits per heavy atom. The van der Waals surface area contributed by atoms with Crippen LogP contribution in [0.1, 0.15) is 43.5 Å². The Balaban J connectivity index is 1.97. The molecule has 1 atom stereocenters. The Morgan fingerprint density at radius 3 is 3.16 bits per heavy atom. The smallest absolute Gasteiger partial charge is 0.169 e. The maximum Gasteiger partial charge on any atom is 0.169 e. The van der Waals surface area contributed by atoms with E-state index in [0.717, 1.165) is 23.7 Å². The quantitative estimate of drug-likeness (QED) is 0.869. The molecular formula is C15H19N3S. The molecule has 19 heavy (non-hydrogen) atoms. The van der Waals surface area contributed by atoms with Crippen LogP contribution in [0.15, 0.2) is 23.7 Å². The van der Waals surface area contributed by atoms with Crippen molar-refractivity contribution in [3.8, 4) is 10.7 Å². The molecule has 3 nitrogen and oxygen atoms in total. The Hall–Kier alpha value is -1.26. The van der Waals surface area contributed by atoms with Gasteiger partial charge in [0.15, 0.2) is 5.82 Å². The molecule has 0 radical (unpaired) electrons. The molecule has 1 N–H and O–H groups in total. The summed E-state index contributed by atoms with van der Waals surface area (Å²) in [5.41, 5.74) is 2.54. The second-order valence-corrected chi connectivity index (χ2v) is 5.88. The Kier molecular flexibility index (Phi) is 3.89. The minimum Gasteiger partial charge on any atom is -0.310 e. The van der Waals surface area contributed by atoms with Gasteiger partial charge in [0.25, 0.3) is 0 Å². The zero-order valence-corrected chi connectivity index (χ0v) is 12.0. The third-order valence-electron chi connectivity index (χ3n) is 3.62. The van der Waals surface area contributed by atoms with Gasteiger partial charge in [0.1, 0.15) is 0 Å². The van der Waals surface area contributed by atoms with Crippen molar-refractivity contribution in [2.45, 2.75) is 38.6 Å². The summed E-state index contributed by atoms with van der Waals surface area (Å²) in [6, 6.07) is 4.57. The van der Waals surface area contributed by atoms with Crippen LogP contribution in [-0.2, 0) is 6.42 Å². The molecule has 0 aromatic carbocycles. The van der Waals surface area contributed by atoms with Gasteiger partial charge < -0.3 is 5.32 Å². The fourth-order valence-corrected chi connectivity index (χ4v) is 3.36. The monoisotopic (exact) mass is 273 g/mol. The summed E-state index contributed by atoms with van der Waals surface area (Å²) in [4.78, 5) is 10.5. The fourth-order valence-electron chi connectivity index (χ4n) is 2.70. The highest BCUT2D eigenvalue weighted by Crippen LogP contribution is 2.29. The van der Waals surface area contributed by atoms with Crippen molar-refractivity contribution in [1.29, 1.82) is 0 Å². The molecule has 2 heterocycles. The van der Waals surface area contributed by atoms with Crippen molar-refractivity contribution in [3.63, 3.8) is 0 Å². The fraction of sp³-hybridized carbons (Fsp3) is 0.467. The van der Waals surface area contributed by atoms with Crippen molar-refractivity contribution < 1.29 is 0 Å². The molecule has 3 rings (SSSR count). The van der Waals surface area contributed by atoms with Crippen LogP contribution in [0.2, 0.25) is 0 Å². The van der Waals surface area contributed by atoms with Crippen LogP contribution in [0, 0.1) is 0 Å². The Bertz CT molecular complexity index is 536. The van der Waals surface area contributed by atoms with E-state index in [0.29, 0.717) is 6.04 Å². The van der Waals surface area contributed by atoms with Crippen LogP contribution in [0.25, 0.3) is 10.7 Å². The van der Waals surface area contributed by atoms with Crippen LogP contribution in [0.3, 0.4) is 0 Å². The summed E-state index contributed by atoms with van der Waals surface area (Å²) in [7, 11) is 0. The number of fused-ring (bicyclic) bond motifs is 1. The number of thiophene rings is 1. The molecule has 1 unspecified atom stereocenters. The third kappa shape index (κ3) is 2.69. The van der Waals surface area contributed by atoms with E-state index in [1.165, 1.54) is 30.5 Å². The summed E-state index contributed by atoms with van der Waals surface area (Å²) in [6.45, 7) is 3.15. The largest absolute Gasteiger partial charge is 0.310 e. The van der Waals surface area contributed by atoms with Gasteiger partial charge in [-0.25, -0.2) is 9.97 Å². The van der Waals surface area contributed by atoms with Crippen LogP contribution in [-0.4, -0.2) is 16.5 Å². The van der Waals surface area contributed by atoms with Gasteiger partial charge in [0.05, 0.1) is 4.88 Å². The molecule has 0 amide bonds. The molecular weight excluding hydrogens is 254 g/mol. The molecule has 0 spiro atoms. The average Bonchev–Trinajstić information content (AvgIpc) is 2.89. The van der Waals surface area contributed by atoms with Gasteiger partial charge in [-0.3, -0.25) is 0 Å². The van der Waals surface area contributed by atoms with Crippen molar-refractivity contribution in [1.82, 2.24) is 15.3 Å². The van der Waals surface area contributed by atoms with E-state index in [1.807, 2.05) is 6.20 Å². The van der Waals surface area contributed by atoms with E-state index < -0.39 is 0 Å². The molecule has 2 aromatic heterocycles. The van der Waals surface area contributed by atoms with Crippen molar-refractivity contribution >= 4 is 11.3 Å². The van der Waals surface area contributed by atoms with Gasteiger partial charge in [-0.2, -0.15) is 0 Å². The lowest BCUT2D eigenvalue weighted by Gasteiger charge is -2.17. The van der Waals surface area contributed by atoms with Gasteiger partial charge >= 0.3 is 0 Å². The molecule has 0 bridgehead atoms. The molecule has 1 aliphatic carbocycles. The molecule has 0 aliphatic heterocycles. The number of hydrogen-bond donors (Lipinski definition) is 1. The average molecular weight is 273 g/mol. The lowest BCUT2D eigenvalue weighted by atomic mass is 10.1. The Morgan fingerprint density at radius 1 is 1.42 bits per heavy atom. The van der Waals surface area contributed by atoms with E-state index >= 15 is 0 Å². The first kappa shape index (κ1) is 12.8. The van der Waals surface area contributed by atoms with Crippen molar-refractivity contribution in [2.24, 2.45) is 0 Å². The maximum atomic E-state index is 4.81. The van der Waals surface area contributed by atoms with Crippen LogP contribution >= 0.6 is 11.3 Å². The molecule has 1 aliphatic rings. The summed E-state index contributed by atoms with van der Waals surface area (Å²) >= 11 is 1.70. The lowest BCUT2D eigenvalue weighted by Crippen LogP contribution is -2.21. The SMILES string of the molecule is CCNC1CCCCc2nc(-c3cccs3)ncc21. The predicted molar refractivity (Wildman–Crippen MR) is 79.3 cm³/mol. The molecule has 4 heteroatoms. The normalized spacial score (nSPS) is 18.9. The molecule has 0 saturated carbocycles. The zero-order valence-electron chi connectivity index (χ0n) is 11.2. The topological polar surface area (TPSA) is 37.8 Å². The van der Waals surface area contributed by atoms with Gasteiger partial charge in [-0.15, -0.1) is 11.3 Å². The van der Waals surface area contributed by atoms with Crippen LogP contribution in [0.4, 0.5) is 0 Å². The van der Waals surface area contributed by atoms with E-state index in [2.05, 4.69) is 34.7 Å². The van der Waals surface area contributed by atoms with Crippen LogP contribution < -0.4 is 5.32 Å². The number of aromatic nitrogens is 2. The number of hydrogen-bond acceptors (Lipinski definition) is 4. The Labute approximate surface area is 118 Å². The molecule has 100 valence electrons. The molecule has 0 fully saturated rings. The minimum atomic E-state index is 0.430. The third-order valence-corrected chi connectivity index (χ3v) is 4.49. The van der Waals surface area contributed by atoms with Crippen molar-refractivity contribution in [2.75, 3.05) is 6.54 Å². The zero-order chi connectivity index (χ0) is 13.1. The second kappa shape index (κ2) is 5.80. The summed E-state index contributed by atoms with van der Waals surface area (Å²) in [5.74, 6) is 0.880. The van der Waals surface area contributed by atoms with Gasteiger partial charge in [-0.05, 0) is 37.3 Å². The maximum absolute atomic E-state index is 4.81. The first-order valence-electron chi connectivity index (χ1n) is 7.01. The van der Waals surface area contributed by atoms with Gasteiger partial charge in [-0.1, -0.05) is 19.4 Å². The predicted octanol–water partition coefficient (Wildman–Crippen LogP) is 3.58. The number of aryl methyl sites for hydroxylation is 1. The van der Waals surface area contributed by atoms with Crippen molar-refractivity contribution in [3.05, 3.63) is 35.0 Å². The highest BCUT2D eigenvalue weighted by atomic mass is 32.1. The van der Waals surface area contributed by atoms with E-state index in [1.54, 1.807) is 11.3 Å². The molecule has 2 aromatic rings. The van der Waals surface area contributed by atoms with Gasteiger partial charge in [0, 0.05) is 23.5 Å². The van der Waals surface area contributed by atoms with E-state index in [-0.39, 0.29) is 0 Å². The second-order valence-electron chi connectivity index (χ2n) is 4.93. The number of rotatable bonds is 3. The first-order valence-corrected chi connectivity index (χ1v) is 7.89. The summed E-state index contributed by atoms with van der Waals surface area (Å²) in [5, 5.41) is 5.63. The highest BCUT2D eigenvalue weighted by Gasteiger charge is 2.20. The van der Waals surface area contributed by atoms with E-state index in [4.69, 9.17) is 4.98 Å². The minimum absolute atomic E-state index is 0.430. The van der Waals surface area contributed by atoms with Gasteiger partial charge in [0.2, 0.25) is 0 Å². The van der Waals surface area contributed by atoms with Crippen LogP contribution in [0.5, 0.6) is 0 Å². The highest BCUT2D eigenvalue weighted by molar-refractivity contribution is 7.13. The number of nitrogens with one attached hydrogen (secondary N) is 1. The van der Waals surface area contributed by atoms with E-state index in [9.17, 15) is 0 Å². The molecule has 0 saturated heterocycles. The lowest BCUT2D eigenvalue weighted by molar-refractivity contribution is 0.502. The first-order chi connectivity index (χ1) is 9.38. The number of nitrogens with zero attached hydrogens (tertiary/aromatic N) is 2. The summed E-state index contributed by atoms with van der Waals surface area (Å²) < 4.78 is 0. The summed E-state index contributed by atoms with van der Waals surface area (Å²) in [6.07, 6.45) is 6.81. The standard InChI is InChI=1S/C15H19N3S/c1-2-16-12-6-3-4-7-13-11(12)10-17-15(18-13)14-8-5-9-19-14/h5,8-10,12,16H,2-4,6-7H2,1H3.